The van der Waals surface area contributed by atoms with Gasteiger partial charge in [0.05, 0.1) is 5.69 Å². The molecule has 2 aromatic rings. The summed E-state index contributed by atoms with van der Waals surface area (Å²) < 4.78 is 10.7. The molecular formula is C21H28N4O3. The molecule has 0 spiro atoms. The van der Waals surface area contributed by atoms with Crippen LogP contribution >= 0.6 is 0 Å². The number of piperidine rings is 1. The Morgan fingerprint density at radius 1 is 1.32 bits per heavy atom. The standard InChI is InChI=1S/C21H28N4O3/c1-14(2)18-9-17(23-24-18)12-25-7-3-4-15(11-25)10-22-21(26)16-5-6-19-20(8-16)28-13-27-19/h5-6,8-9,14-15H,3-4,7,10-13H2,1-2H3,(H,22,26)(H,23,24)/t15-/m0/s1. The lowest BCUT2D eigenvalue weighted by molar-refractivity contribution is 0.0930. The Morgan fingerprint density at radius 2 is 2.18 bits per heavy atom. The van der Waals surface area contributed by atoms with Gasteiger partial charge in [-0.25, -0.2) is 0 Å². The van der Waals surface area contributed by atoms with Crippen molar-refractivity contribution >= 4 is 5.91 Å². The van der Waals surface area contributed by atoms with Gasteiger partial charge in [-0.1, -0.05) is 13.8 Å². The molecule has 4 rings (SSSR count). The molecule has 2 aliphatic heterocycles. The normalized spacial score (nSPS) is 19.2. The van der Waals surface area contributed by atoms with E-state index in [9.17, 15) is 4.79 Å². The average molecular weight is 384 g/mol. The molecule has 0 radical (unpaired) electrons. The van der Waals surface area contributed by atoms with Crippen LogP contribution in [0.25, 0.3) is 0 Å². The fraction of sp³-hybridized carbons (Fsp3) is 0.524. The first kappa shape index (κ1) is 18.8. The van der Waals surface area contributed by atoms with Gasteiger partial charge in [-0.15, -0.1) is 0 Å². The zero-order valence-corrected chi connectivity index (χ0v) is 16.5. The van der Waals surface area contributed by atoms with Crippen LogP contribution in [0.5, 0.6) is 11.5 Å². The van der Waals surface area contributed by atoms with E-state index in [1.807, 2.05) is 0 Å². The Kier molecular flexibility index (Phi) is 5.52. The Labute approximate surface area is 165 Å². The van der Waals surface area contributed by atoms with Crippen molar-refractivity contribution in [2.45, 2.75) is 39.2 Å². The van der Waals surface area contributed by atoms with Crippen LogP contribution in [-0.4, -0.2) is 47.4 Å². The fourth-order valence-corrected chi connectivity index (χ4v) is 3.84. The van der Waals surface area contributed by atoms with Gasteiger partial charge in [-0.05, 0) is 55.5 Å². The third-order valence-corrected chi connectivity index (χ3v) is 5.43. The Bertz CT molecular complexity index is 833. The van der Waals surface area contributed by atoms with E-state index < -0.39 is 0 Å². The summed E-state index contributed by atoms with van der Waals surface area (Å²) in [6.45, 7) is 8.16. The summed E-state index contributed by atoms with van der Waals surface area (Å²) in [5.41, 5.74) is 2.88. The number of ether oxygens (including phenoxy) is 2. The molecule has 28 heavy (non-hydrogen) atoms. The number of amides is 1. The van der Waals surface area contributed by atoms with Crippen LogP contribution in [-0.2, 0) is 6.54 Å². The summed E-state index contributed by atoms with van der Waals surface area (Å²) in [5, 5.41) is 10.6. The van der Waals surface area contributed by atoms with Crippen LogP contribution in [0, 0.1) is 5.92 Å². The molecule has 0 bridgehead atoms. The largest absolute Gasteiger partial charge is 0.454 e. The monoisotopic (exact) mass is 384 g/mol. The highest BCUT2D eigenvalue weighted by atomic mass is 16.7. The number of H-pyrrole nitrogens is 1. The highest BCUT2D eigenvalue weighted by Gasteiger charge is 2.22. The number of aromatic amines is 1. The summed E-state index contributed by atoms with van der Waals surface area (Å²) in [5.74, 6) is 2.16. The molecule has 1 aromatic heterocycles. The Hall–Kier alpha value is -2.54. The van der Waals surface area contributed by atoms with Gasteiger partial charge in [-0.2, -0.15) is 5.10 Å². The van der Waals surface area contributed by atoms with Gasteiger partial charge in [0.25, 0.3) is 5.91 Å². The first-order chi connectivity index (χ1) is 13.6. The molecule has 2 N–H and O–H groups in total. The van der Waals surface area contributed by atoms with Crippen LogP contribution in [0.2, 0.25) is 0 Å². The Balaban J connectivity index is 1.28. The van der Waals surface area contributed by atoms with Gasteiger partial charge in [-0.3, -0.25) is 14.8 Å². The van der Waals surface area contributed by atoms with Crippen LogP contribution < -0.4 is 14.8 Å². The second-order valence-corrected chi connectivity index (χ2v) is 7.99. The maximum Gasteiger partial charge on any atom is 0.251 e. The molecule has 1 fully saturated rings. The number of fused-ring (bicyclic) bond motifs is 1. The average Bonchev–Trinajstić information content (AvgIpc) is 3.35. The lowest BCUT2D eigenvalue weighted by atomic mass is 9.97. The number of rotatable bonds is 6. The van der Waals surface area contributed by atoms with E-state index in [0.717, 1.165) is 43.9 Å². The molecule has 2 aliphatic rings. The number of nitrogens with one attached hydrogen (secondary N) is 2. The molecular weight excluding hydrogens is 356 g/mol. The summed E-state index contributed by atoms with van der Waals surface area (Å²) in [4.78, 5) is 14.9. The number of aromatic nitrogens is 2. The van der Waals surface area contributed by atoms with Crippen LogP contribution in [0.4, 0.5) is 0 Å². The van der Waals surface area contributed by atoms with Gasteiger partial charge < -0.3 is 14.8 Å². The molecule has 3 heterocycles. The molecule has 7 heteroatoms. The second-order valence-electron chi connectivity index (χ2n) is 7.99. The fourth-order valence-electron chi connectivity index (χ4n) is 3.84. The lowest BCUT2D eigenvalue weighted by Gasteiger charge is -2.32. The minimum Gasteiger partial charge on any atom is -0.454 e. The van der Waals surface area contributed by atoms with Crippen molar-refractivity contribution in [2.24, 2.45) is 5.92 Å². The third-order valence-electron chi connectivity index (χ3n) is 5.43. The predicted octanol–water partition coefficient (Wildman–Crippen LogP) is 2.90. The van der Waals surface area contributed by atoms with Gasteiger partial charge >= 0.3 is 0 Å². The smallest absolute Gasteiger partial charge is 0.251 e. The zero-order chi connectivity index (χ0) is 19.5. The SMILES string of the molecule is CC(C)c1cc(CN2CCC[C@@H](CNC(=O)c3ccc4c(c3)OCO4)C2)[nH]n1. The maximum absolute atomic E-state index is 12.5. The molecule has 1 atom stereocenters. The van der Waals surface area contributed by atoms with Crippen molar-refractivity contribution in [1.29, 1.82) is 0 Å². The van der Waals surface area contributed by atoms with Crippen LogP contribution in [0.1, 0.15) is 54.4 Å². The van der Waals surface area contributed by atoms with Gasteiger partial charge in [0.15, 0.2) is 11.5 Å². The number of nitrogens with zero attached hydrogens (tertiary/aromatic N) is 2. The molecule has 1 amide bonds. The number of carbonyl (C=O) groups is 1. The van der Waals surface area contributed by atoms with E-state index in [2.05, 4.69) is 40.3 Å². The van der Waals surface area contributed by atoms with Gasteiger partial charge in [0, 0.05) is 30.9 Å². The second kappa shape index (κ2) is 8.22. The van der Waals surface area contributed by atoms with E-state index in [1.165, 1.54) is 0 Å². The minimum absolute atomic E-state index is 0.0643. The van der Waals surface area contributed by atoms with Crippen molar-refractivity contribution in [3.8, 4) is 11.5 Å². The van der Waals surface area contributed by atoms with Crippen LogP contribution in [0.3, 0.4) is 0 Å². The van der Waals surface area contributed by atoms with Crippen molar-refractivity contribution in [3.63, 3.8) is 0 Å². The molecule has 0 unspecified atom stereocenters. The molecule has 0 aliphatic carbocycles. The van der Waals surface area contributed by atoms with E-state index in [-0.39, 0.29) is 12.7 Å². The van der Waals surface area contributed by atoms with Crippen molar-refractivity contribution in [1.82, 2.24) is 20.4 Å². The van der Waals surface area contributed by atoms with E-state index in [4.69, 9.17) is 9.47 Å². The number of benzene rings is 1. The van der Waals surface area contributed by atoms with Crippen molar-refractivity contribution in [2.75, 3.05) is 26.4 Å². The molecule has 1 saturated heterocycles. The first-order valence-electron chi connectivity index (χ1n) is 10.0. The van der Waals surface area contributed by atoms with Gasteiger partial charge in [0.1, 0.15) is 0 Å². The highest BCUT2D eigenvalue weighted by Crippen LogP contribution is 2.32. The molecule has 1 aromatic carbocycles. The lowest BCUT2D eigenvalue weighted by Crippen LogP contribution is -2.40. The van der Waals surface area contributed by atoms with Gasteiger partial charge in [0.2, 0.25) is 6.79 Å². The van der Waals surface area contributed by atoms with E-state index in [1.54, 1.807) is 18.2 Å². The van der Waals surface area contributed by atoms with Crippen molar-refractivity contribution in [3.05, 3.63) is 41.2 Å². The number of hydrogen-bond acceptors (Lipinski definition) is 5. The van der Waals surface area contributed by atoms with E-state index in [0.29, 0.717) is 35.4 Å². The number of hydrogen-bond donors (Lipinski definition) is 2. The zero-order valence-electron chi connectivity index (χ0n) is 16.5. The predicted molar refractivity (Wildman–Crippen MR) is 106 cm³/mol. The number of carbonyl (C=O) groups excluding carboxylic acids is 1. The topological polar surface area (TPSA) is 79.5 Å². The quantitative estimate of drug-likeness (QED) is 0.801. The maximum atomic E-state index is 12.5. The van der Waals surface area contributed by atoms with E-state index >= 15 is 0 Å². The summed E-state index contributed by atoms with van der Waals surface area (Å²) in [6, 6.07) is 7.47. The summed E-state index contributed by atoms with van der Waals surface area (Å²) >= 11 is 0. The molecule has 150 valence electrons. The third kappa shape index (κ3) is 4.30. The number of likely N-dealkylation sites (tertiary alicyclic amines) is 1. The van der Waals surface area contributed by atoms with Crippen molar-refractivity contribution < 1.29 is 14.3 Å². The minimum atomic E-state index is -0.0643. The summed E-state index contributed by atoms with van der Waals surface area (Å²) in [6.07, 6.45) is 2.29. The summed E-state index contributed by atoms with van der Waals surface area (Å²) in [7, 11) is 0. The van der Waals surface area contributed by atoms with Crippen LogP contribution in [0.15, 0.2) is 24.3 Å². The molecule has 7 nitrogen and oxygen atoms in total. The Morgan fingerprint density at radius 3 is 3.00 bits per heavy atom. The highest BCUT2D eigenvalue weighted by molar-refractivity contribution is 5.94. The molecule has 0 saturated carbocycles. The first-order valence-corrected chi connectivity index (χ1v) is 10.0.